The van der Waals surface area contributed by atoms with Crippen LogP contribution < -0.4 is 5.32 Å². The van der Waals surface area contributed by atoms with E-state index in [-0.39, 0.29) is 30.3 Å². The molecule has 2 fully saturated rings. The lowest BCUT2D eigenvalue weighted by molar-refractivity contribution is -0.145. The van der Waals surface area contributed by atoms with Crippen LogP contribution in [0.2, 0.25) is 0 Å². The minimum atomic E-state index is -0.312. The van der Waals surface area contributed by atoms with Gasteiger partial charge in [0.1, 0.15) is 6.04 Å². The van der Waals surface area contributed by atoms with Gasteiger partial charge in [0.05, 0.1) is 6.54 Å². The van der Waals surface area contributed by atoms with Gasteiger partial charge in [-0.15, -0.1) is 0 Å². The third-order valence-electron chi connectivity index (χ3n) is 4.96. The van der Waals surface area contributed by atoms with Crippen molar-refractivity contribution in [2.75, 3.05) is 13.1 Å². The fourth-order valence-electron chi connectivity index (χ4n) is 3.41. The van der Waals surface area contributed by atoms with E-state index in [1.54, 1.807) is 4.90 Å². The summed E-state index contributed by atoms with van der Waals surface area (Å²) >= 11 is 0. The maximum absolute atomic E-state index is 12.4. The van der Waals surface area contributed by atoms with Crippen LogP contribution in [-0.2, 0) is 9.59 Å². The van der Waals surface area contributed by atoms with Crippen LogP contribution in [0.3, 0.4) is 0 Å². The molecule has 0 aromatic rings. The first kappa shape index (κ1) is 15.3. The summed E-state index contributed by atoms with van der Waals surface area (Å²) in [6, 6.07) is -0.312. The third-order valence-corrected chi connectivity index (χ3v) is 4.96. The standard InChI is InChI=1S/C16H28N2O2/c1-3-12(2)15-16(20)18(11-14(19)17-15)10-6-9-13-7-4-5-8-13/h12-13,15H,3-11H2,1-2H3,(H,17,19). The number of hydrogen-bond acceptors (Lipinski definition) is 2. The topological polar surface area (TPSA) is 49.4 Å². The van der Waals surface area contributed by atoms with Crippen molar-refractivity contribution in [3.05, 3.63) is 0 Å². The largest absolute Gasteiger partial charge is 0.342 e. The Hall–Kier alpha value is -1.06. The van der Waals surface area contributed by atoms with E-state index in [0.29, 0.717) is 0 Å². The molecule has 2 atom stereocenters. The lowest BCUT2D eigenvalue weighted by Gasteiger charge is -2.35. The smallest absolute Gasteiger partial charge is 0.245 e. The summed E-state index contributed by atoms with van der Waals surface area (Å²) in [6.45, 7) is 5.08. The number of amides is 2. The van der Waals surface area contributed by atoms with Gasteiger partial charge in [0, 0.05) is 6.54 Å². The highest BCUT2D eigenvalue weighted by Gasteiger charge is 2.35. The molecular weight excluding hydrogens is 252 g/mol. The van der Waals surface area contributed by atoms with Crippen LogP contribution in [0, 0.1) is 11.8 Å². The molecule has 2 aliphatic rings. The number of nitrogens with zero attached hydrogens (tertiary/aromatic N) is 1. The van der Waals surface area contributed by atoms with Gasteiger partial charge in [0.25, 0.3) is 0 Å². The second kappa shape index (κ2) is 7.09. The Balaban J connectivity index is 1.82. The first-order valence-electron chi connectivity index (χ1n) is 8.20. The van der Waals surface area contributed by atoms with Gasteiger partial charge in [0.15, 0.2) is 0 Å². The summed E-state index contributed by atoms with van der Waals surface area (Å²) in [7, 11) is 0. The van der Waals surface area contributed by atoms with Crippen molar-refractivity contribution in [1.29, 1.82) is 0 Å². The number of rotatable bonds is 6. The summed E-state index contributed by atoms with van der Waals surface area (Å²) in [5.74, 6) is 1.18. The number of carbonyl (C=O) groups excluding carboxylic acids is 2. The molecule has 4 heteroatoms. The molecule has 1 aliphatic carbocycles. The Morgan fingerprint density at radius 1 is 1.30 bits per heavy atom. The van der Waals surface area contributed by atoms with Gasteiger partial charge >= 0.3 is 0 Å². The van der Waals surface area contributed by atoms with Crippen molar-refractivity contribution in [2.45, 2.75) is 64.8 Å². The molecule has 0 aromatic carbocycles. The van der Waals surface area contributed by atoms with Crippen LogP contribution in [0.1, 0.15) is 58.8 Å². The summed E-state index contributed by atoms with van der Waals surface area (Å²) in [5.41, 5.74) is 0. The van der Waals surface area contributed by atoms with Crippen LogP contribution in [0.4, 0.5) is 0 Å². The molecule has 114 valence electrons. The van der Waals surface area contributed by atoms with Crippen molar-refractivity contribution in [1.82, 2.24) is 10.2 Å². The van der Waals surface area contributed by atoms with Crippen LogP contribution >= 0.6 is 0 Å². The Morgan fingerprint density at radius 3 is 2.65 bits per heavy atom. The molecule has 20 heavy (non-hydrogen) atoms. The van der Waals surface area contributed by atoms with Crippen LogP contribution in [-0.4, -0.2) is 35.8 Å². The van der Waals surface area contributed by atoms with Crippen molar-refractivity contribution in [3.63, 3.8) is 0 Å². The lowest BCUT2D eigenvalue weighted by Crippen LogP contribution is -2.60. The second-order valence-corrected chi connectivity index (χ2v) is 6.48. The molecule has 4 nitrogen and oxygen atoms in total. The highest BCUT2D eigenvalue weighted by atomic mass is 16.2. The van der Waals surface area contributed by atoms with E-state index in [1.165, 1.54) is 32.1 Å². The second-order valence-electron chi connectivity index (χ2n) is 6.48. The third kappa shape index (κ3) is 3.74. The van der Waals surface area contributed by atoms with Crippen molar-refractivity contribution >= 4 is 11.8 Å². The van der Waals surface area contributed by atoms with Crippen LogP contribution in [0.25, 0.3) is 0 Å². The van der Waals surface area contributed by atoms with Gasteiger partial charge in [-0.3, -0.25) is 9.59 Å². The molecule has 1 heterocycles. The highest BCUT2D eigenvalue weighted by Crippen LogP contribution is 2.28. The monoisotopic (exact) mass is 280 g/mol. The van der Waals surface area contributed by atoms with Crippen molar-refractivity contribution in [2.24, 2.45) is 11.8 Å². The molecule has 1 saturated heterocycles. The van der Waals surface area contributed by atoms with E-state index < -0.39 is 0 Å². The van der Waals surface area contributed by atoms with Gasteiger partial charge in [-0.25, -0.2) is 0 Å². The fraction of sp³-hybridized carbons (Fsp3) is 0.875. The van der Waals surface area contributed by atoms with Crippen molar-refractivity contribution in [3.8, 4) is 0 Å². The maximum atomic E-state index is 12.4. The van der Waals surface area contributed by atoms with E-state index >= 15 is 0 Å². The van der Waals surface area contributed by atoms with Gasteiger partial charge in [0.2, 0.25) is 11.8 Å². The highest BCUT2D eigenvalue weighted by molar-refractivity contribution is 5.94. The summed E-state index contributed by atoms with van der Waals surface area (Å²) in [4.78, 5) is 25.9. The van der Waals surface area contributed by atoms with E-state index in [4.69, 9.17) is 0 Å². The molecule has 2 unspecified atom stereocenters. The number of carbonyl (C=O) groups is 2. The zero-order valence-electron chi connectivity index (χ0n) is 12.9. The first-order chi connectivity index (χ1) is 9.61. The van der Waals surface area contributed by atoms with E-state index in [0.717, 1.165) is 25.3 Å². The Morgan fingerprint density at radius 2 is 2.00 bits per heavy atom. The molecule has 0 radical (unpaired) electrons. The molecule has 2 rings (SSSR count). The first-order valence-corrected chi connectivity index (χ1v) is 8.20. The minimum Gasteiger partial charge on any atom is -0.342 e. The number of nitrogens with one attached hydrogen (secondary N) is 1. The van der Waals surface area contributed by atoms with Gasteiger partial charge in [-0.2, -0.15) is 0 Å². The molecule has 0 bridgehead atoms. The minimum absolute atomic E-state index is 0.00392. The van der Waals surface area contributed by atoms with Crippen LogP contribution in [0.5, 0.6) is 0 Å². The maximum Gasteiger partial charge on any atom is 0.245 e. The average molecular weight is 280 g/mol. The zero-order valence-corrected chi connectivity index (χ0v) is 12.9. The molecule has 1 N–H and O–H groups in total. The van der Waals surface area contributed by atoms with Crippen LogP contribution in [0.15, 0.2) is 0 Å². The molecule has 2 amide bonds. The van der Waals surface area contributed by atoms with E-state index in [1.807, 2.05) is 6.92 Å². The average Bonchev–Trinajstić information content (AvgIpc) is 2.94. The molecule has 1 aliphatic heterocycles. The quantitative estimate of drug-likeness (QED) is 0.812. The van der Waals surface area contributed by atoms with Gasteiger partial charge in [-0.05, 0) is 24.7 Å². The number of piperazine rings is 1. The Labute approximate surface area is 122 Å². The molecule has 1 saturated carbocycles. The van der Waals surface area contributed by atoms with Gasteiger partial charge in [-0.1, -0.05) is 46.0 Å². The van der Waals surface area contributed by atoms with Crippen molar-refractivity contribution < 1.29 is 9.59 Å². The zero-order chi connectivity index (χ0) is 14.5. The van der Waals surface area contributed by atoms with E-state index in [9.17, 15) is 9.59 Å². The summed E-state index contributed by atoms with van der Waals surface area (Å²) in [6.07, 6.45) is 8.59. The lowest BCUT2D eigenvalue weighted by atomic mass is 9.95. The predicted molar refractivity (Wildman–Crippen MR) is 79.2 cm³/mol. The Bertz CT molecular complexity index is 350. The Kier molecular flexibility index (Phi) is 5.44. The predicted octanol–water partition coefficient (Wildman–Crippen LogP) is 2.33. The number of hydrogen-bond donors (Lipinski definition) is 1. The normalized spacial score (nSPS) is 25.9. The molecule has 0 spiro atoms. The van der Waals surface area contributed by atoms with E-state index in [2.05, 4.69) is 12.2 Å². The SMILES string of the molecule is CCC(C)C1NC(=O)CN(CCCC2CCCC2)C1=O. The van der Waals surface area contributed by atoms with Gasteiger partial charge < -0.3 is 10.2 Å². The molecular formula is C16H28N2O2. The fourth-order valence-corrected chi connectivity index (χ4v) is 3.41. The molecule has 0 aromatic heterocycles. The summed E-state index contributed by atoms with van der Waals surface area (Å²) in [5, 5.41) is 2.85. The summed E-state index contributed by atoms with van der Waals surface area (Å²) < 4.78 is 0.